The lowest BCUT2D eigenvalue weighted by molar-refractivity contribution is -0.596. The van der Waals surface area contributed by atoms with Crippen LogP contribution < -0.4 is 10.7 Å². The van der Waals surface area contributed by atoms with Gasteiger partial charge in [0.1, 0.15) is 0 Å². The molecule has 3 aromatic carbocycles. The van der Waals surface area contributed by atoms with E-state index in [1.54, 1.807) is 41.1 Å². The molecule has 2 N–H and O–H groups in total. The number of nitrogens with zero attached hydrogens (tertiary/aromatic N) is 1. The first-order valence-corrected chi connectivity index (χ1v) is 9.60. The summed E-state index contributed by atoms with van der Waals surface area (Å²) in [5.41, 5.74) is 5.16. The van der Waals surface area contributed by atoms with Gasteiger partial charge in [0, 0.05) is 21.7 Å². The normalized spacial score (nSPS) is 19.8. The van der Waals surface area contributed by atoms with Crippen LogP contribution in [-0.4, -0.2) is 28.8 Å². The molecule has 1 heterocycles. The Bertz CT molecular complexity index is 1050. The van der Waals surface area contributed by atoms with Crippen molar-refractivity contribution in [1.29, 1.82) is 0 Å². The number of halogens is 1. The lowest BCUT2D eigenvalue weighted by atomic mass is 10.00. The van der Waals surface area contributed by atoms with Crippen LogP contribution in [0.15, 0.2) is 84.9 Å². The first kappa shape index (κ1) is 18.9. The van der Waals surface area contributed by atoms with E-state index < -0.39 is 12.1 Å². The number of hydrazone groups is 1. The SMILES string of the molecule is O=C(N[C@H]1C(=O)N/[N+](=C\c2ccc(Cl)cc2)[C@H]1c1ccccc1)c1ccccc1. The van der Waals surface area contributed by atoms with Crippen molar-refractivity contribution < 1.29 is 14.3 Å². The summed E-state index contributed by atoms with van der Waals surface area (Å²) in [6.07, 6.45) is 1.83. The Morgan fingerprint density at radius 2 is 1.55 bits per heavy atom. The number of nitrogens with one attached hydrogen (secondary N) is 2. The molecule has 1 fully saturated rings. The van der Waals surface area contributed by atoms with Crippen LogP contribution >= 0.6 is 11.6 Å². The second kappa shape index (κ2) is 8.29. The van der Waals surface area contributed by atoms with Gasteiger partial charge in [-0.3, -0.25) is 9.59 Å². The highest BCUT2D eigenvalue weighted by Crippen LogP contribution is 2.25. The summed E-state index contributed by atoms with van der Waals surface area (Å²) in [6.45, 7) is 0. The van der Waals surface area contributed by atoms with Crippen molar-refractivity contribution in [3.8, 4) is 0 Å². The Hall–Kier alpha value is -3.44. The van der Waals surface area contributed by atoms with Crippen molar-refractivity contribution in [2.24, 2.45) is 0 Å². The Morgan fingerprint density at radius 3 is 2.21 bits per heavy atom. The number of rotatable bonds is 4. The molecule has 0 saturated carbocycles. The van der Waals surface area contributed by atoms with E-state index >= 15 is 0 Å². The highest BCUT2D eigenvalue weighted by Gasteiger charge is 2.47. The summed E-state index contributed by atoms with van der Waals surface area (Å²) in [5.74, 6) is -0.562. The summed E-state index contributed by atoms with van der Waals surface area (Å²) >= 11 is 5.97. The highest BCUT2D eigenvalue weighted by molar-refractivity contribution is 6.30. The molecule has 6 heteroatoms. The van der Waals surface area contributed by atoms with Crippen molar-refractivity contribution in [2.75, 3.05) is 0 Å². The minimum atomic E-state index is -0.742. The molecule has 2 amide bonds. The zero-order valence-corrected chi connectivity index (χ0v) is 16.2. The summed E-state index contributed by atoms with van der Waals surface area (Å²) in [7, 11) is 0. The Labute approximate surface area is 173 Å². The quantitative estimate of drug-likeness (QED) is 0.655. The van der Waals surface area contributed by atoms with Crippen molar-refractivity contribution in [1.82, 2.24) is 10.7 Å². The third-order valence-electron chi connectivity index (χ3n) is 4.76. The maximum absolute atomic E-state index is 12.8. The topological polar surface area (TPSA) is 61.2 Å². The van der Waals surface area contributed by atoms with Crippen LogP contribution in [-0.2, 0) is 4.79 Å². The minimum Gasteiger partial charge on any atom is -0.334 e. The van der Waals surface area contributed by atoms with Crippen LogP contribution in [0.25, 0.3) is 0 Å². The van der Waals surface area contributed by atoms with Crippen LogP contribution in [0.2, 0.25) is 5.02 Å². The van der Waals surface area contributed by atoms with E-state index in [-0.39, 0.29) is 11.8 Å². The van der Waals surface area contributed by atoms with E-state index in [0.29, 0.717) is 10.6 Å². The van der Waals surface area contributed by atoms with Gasteiger partial charge < -0.3 is 5.32 Å². The molecule has 0 aliphatic carbocycles. The fourth-order valence-electron chi connectivity index (χ4n) is 3.35. The number of hydrazine groups is 1. The van der Waals surface area contributed by atoms with Crippen LogP contribution in [0.1, 0.15) is 27.5 Å². The largest absolute Gasteiger partial charge is 0.334 e. The predicted octanol–water partition coefficient (Wildman–Crippen LogP) is 3.36. The summed E-state index contributed by atoms with van der Waals surface area (Å²) in [4.78, 5) is 25.5. The fourth-order valence-corrected chi connectivity index (χ4v) is 3.48. The van der Waals surface area contributed by atoms with Gasteiger partial charge >= 0.3 is 5.91 Å². The molecule has 144 valence electrons. The molecule has 3 aromatic rings. The van der Waals surface area contributed by atoms with Gasteiger partial charge in [0.2, 0.25) is 12.3 Å². The molecule has 5 nitrogen and oxygen atoms in total. The third-order valence-corrected chi connectivity index (χ3v) is 5.01. The molecule has 0 unspecified atom stereocenters. The maximum atomic E-state index is 12.8. The molecular weight excluding hydrogens is 386 g/mol. The average Bonchev–Trinajstić information content (AvgIpc) is 3.05. The van der Waals surface area contributed by atoms with E-state index in [2.05, 4.69) is 10.7 Å². The predicted molar refractivity (Wildman–Crippen MR) is 112 cm³/mol. The summed E-state index contributed by atoms with van der Waals surface area (Å²) in [6, 6.07) is 24.7. The van der Waals surface area contributed by atoms with Gasteiger partial charge in [0.25, 0.3) is 5.91 Å². The number of amides is 2. The van der Waals surface area contributed by atoms with Gasteiger partial charge in [0.15, 0.2) is 6.04 Å². The standard InChI is InChI=1S/C23H18ClN3O2/c24-19-13-11-16(12-14-19)15-27-21(17-7-3-1-4-8-17)20(23(29)26-27)25-22(28)18-9-5-2-6-10-18/h1-15,20-21H,(H-,25,26,28,29)/p+1/b27-15-/t20-,21+/m1/s1. The second-order valence-corrected chi connectivity index (χ2v) is 7.17. The Kier molecular flexibility index (Phi) is 5.40. The van der Waals surface area contributed by atoms with Crippen LogP contribution in [0.3, 0.4) is 0 Å². The lowest BCUT2D eigenvalue weighted by Gasteiger charge is -2.14. The van der Waals surface area contributed by atoms with Gasteiger partial charge in [-0.05, 0) is 36.4 Å². The molecule has 1 aliphatic heterocycles. The van der Waals surface area contributed by atoms with Gasteiger partial charge in [0.05, 0.1) is 0 Å². The van der Waals surface area contributed by atoms with Gasteiger partial charge in [-0.25, -0.2) is 0 Å². The van der Waals surface area contributed by atoms with Gasteiger partial charge in [-0.2, -0.15) is 0 Å². The summed E-state index contributed by atoms with van der Waals surface area (Å²) in [5, 5.41) is 3.52. The number of carbonyl (C=O) groups excluding carboxylic acids is 2. The molecule has 0 aromatic heterocycles. The molecule has 0 bridgehead atoms. The van der Waals surface area contributed by atoms with E-state index in [4.69, 9.17) is 11.6 Å². The average molecular weight is 405 g/mol. The highest BCUT2D eigenvalue weighted by atomic mass is 35.5. The summed E-state index contributed by atoms with van der Waals surface area (Å²) < 4.78 is 1.73. The maximum Gasteiger partial charge on any atom is 0.304 e. The van der Waals surface area contributed by atoms with E-state index in [1.807, 2.05) is 54.7 Å². The van der Waals surface area contributed by atoms with Gasteiger partial charge in [-0.15, -0.1) is 10.1 Å². The molecule has 0 spiro atoms. The molecule has 1 aliphatic rings. The Morgan fingerprint density at radius 1 is 0.931 bits per heavy atom. The minimum absolute atomic E-state index is 0.270. The van der Waals surface area contributed by atoms with Crippen molar-refractivity contribution in [3.63, 3.8) is 0 Å². The Balaban J connectivity index is 1.69. The van der Waals surface area contributed by atoms with Crippen molar-refractivity contribution in [3.05, 3.63) is 107 Å². The third kappa shape index (κ3) is 4.20. The number of carbonyl (C=O) groups is 2. The van der Waals surface area contributed by atoms with Crippen LogP contribution in [0.5, 0.6) is 0 Å². The van der Waals surface area contributed by atoms with E-state index in [9.17, 15) is 9.59 Å². The molecule has 0 radical (unpaired) electrons. The number of benzene rings is 3. The first-order chi connectivity index (χ1) is 14.1. The van der Waals surface area contributed by atoms with E-state index in [1.165, 1.54) is 0 Å². The van der Waals surface area contributed by atoms with Crippen LogP contribution in [0, 0.1) is 0 Å². The lowest BCUT2D eigenvalue weighted by Crippen LogP contribution is -2.42. The van der Waals surface area contributed by atoms with E-state index in [0.717, 1.165) is 11.1 Å². The van der Waals surface area contributed by atoms with Crippen LogP contribution in [0.4, 0.5) is 0 Å². The monoisotopic (exact) mass is 404 g/mol. The molecule has 29 heavy (non-hydrogen) atoms. The molecule has 4 rings (SSSR count). The number of hydrogen-bond acceptors (Lipinski definition) is 2. The smallest absolute Gasteiger partial charge is 0.304 e. The fraction of sp³-hybridized carbons (Fsp3) is 0.0870. The van der Waals surface area contributed by atoms with Gasteiger partial charge in [-0.1, -0.05) is 60.1 Å². The molecule has 1 saturated heterocycles. The zero-order valence-electron chi connectivity index (χ0n) is 15.5. The van der Waals surface area contributed by atoms with Crippen molar-refractivity contribution >= 4 is 29.6 Å². The molecular formula is C23H19ClN3O2+. The molecule has 2 atom stereocenters. The second-order valence-electron chi connectivity index (χ2n) is 6.74. The number of hydrogen-bond donors (Lipinski definition) is 2. The zero-order chi connectivity index (χ0) is 20.2. The van der Waals surface area contributed by atoms with Crippen molar-refractivity contribution in [2.45, 2.75) is 12.1 Å². The first-order valence-electron chi connectivity index (χ1n) is 9.22.